The fourth-order valence-corrected chi connectivity index (χ4v) is 3.31. The fourth-order valence-electron chi connectivity index (χ4n) is 2.21. The SMILES string of the molecule is COc1ccc(C=C2SC(=Nc3ccc(Br)cc3)NC2=O)cc1OC. The molecule has 0 atom stereocenters. The van der Waals surface area contributed by atoms with E-state index in [1.54, 1.807) is 26.4 Å². The third-order valence-corrected chi connectivity index (χ3v) is 4.85. The van der Waals surface area contributed by atoms with Gasteiger partial charge in [-0.15, -0.1) is 0 Å². The molecule has 25 heavy (non-hydrogen) atoms. The van der Waals surface area contributed by atoms with E-state index in [9.17, 15) is 4.79 Å². The van der Waals surface area contributed by atoms with Crippen molar-refractivity contribution in [2.24, 2.45) is 4.99 Å². The molecule has 0 spiro atoms. The van der Waals surface area contributed by atoms with Crippen LogP contribution < -0.4 is 14.8 Å². The number of ether oxygens (including phenoxy) is 2. The van der Waals surface area contributed by atoms with Crippen LogP contribution in [0, 0.1) is 0 Å². The molecule has 0 unspecified atom stereocenters. The van der Waals surface area contributed by atoms with Crippen LogP contribution in [0.15, 0.2) is 56.8 Å². The molecule has 3 rings (SSSR count). The van der Waals surface area contributed by atoms with Crippen molar-refractivity contribution in [2.45, 2.75) is 0 Å². The van der Waals surface area contributed by atoms with Gasteiger partial charge in [0.2, 0.25) is 0 Å². The number of carbonyl (C=O) groups is 1. The monoisotopic (exact) mass is 418 g/mol. The van der Waals surface area contributed by atoms with Crippen molar-refractivity contribution in [2.75, 3.05) is 14.2 Å². The highest BCUT2D eigenvalue weighted by Gasteiger charge is 2.23. The van der Waals surface area contributed by atoms with Gasteiger partial charge in [-0.3, -0.25) is 4.79 Å². The molecule has 128 valence electrons. The molecule has 0 bridgehead atoms. The van der Waals surface area contributed by atoms with Crippen molar-refractivity contribution < 1.29 is 14.3 Å². The van der Waals surface area contributed by atoms with E-state index < -0.39 is 0 Å². The second-order valence-corrected chi connectivity index (χ2v) is 7.02. The lowest BCUT2D eigenvalue weighted by Gasteiger charge is -2.07. The summed E-state index contributed by atoms with van der Waals surface area (Å²) in [5, 5.41) is 3.33. The van der Waals surface area contributed by atoms with Gasteiger partial charge in [0.1, 0.15) is 0 Å². The number of rotatable bonds is 4. The number of methoxy groups -OCH3 is 2. The van der Waals surface area contributed by atoms with E-state index in [4.69, 9.17) is 9.47 Å². The number of nitrogens with zero attached hydrogens (tertiary/aromatic N) is 1. The van der Waals surface area contributed by atoms with Crippen molar-refractivity contribution in [3.05, 3.63) is 57.4 Å². The van der Waals surface area contributed by atoms with E-state index in [-0.39, 0.29) is 5.91 Å². The quantitative estimate of drug-likeness (QED) is 0.749. The topological polar surface area (TPSA) is 59.9 Å². The maximum absolute atomic E-state index is 12.2. The van der Waals surface area contributed by atoms with Crippen LogP contribution in [-0.4, -0.2) is 25.3 Å². The van der Waals surface area contributed by atoms with Gasteiger partial charge in [-0.05, 0) is 59.8 Å². The molecule has 1 N–H and O–H groups in total. The molecule has 1 fully saturated rings. The van der Waals surface area contributed by atoms with Crippen molar-refractivity contribution in [3.63, 3.8) is 0 Å². The van der Waals surface area contributed by atoms with Crippen molar-refractivity contribution in [3.8, 4) is 11.5 Å². The first kappa shape index (κ1) is 17.6. The van der Waals surface area contributed by atoms with Crippen molar-refractivity contribution >= 4 is 50.5 Å². The summed E-state index contributed by atoms with van der Waals surface area (Å²) in [6, 6.07) is 13.1. The Balaban J connectivity index is 1.83. The van der Waals surface area contributed by atoms with E-state index in [1.165, 1.54) is 11.8 Å². The van der Waals surface area contributed by atoms with Crippen LogP contribution in [-0.2, 0) is 4.79 Å². The first-order valence-electron chi connectivity index (χ1n) is 7.36. The molecule has 1 heterocycles. The summed E-state index contributed by atoms with van der Waals surface area (Å²) in [5.41, 5.74) is 1.62. The van der Waals surface area contributed by atoms with Gasteiger partial charge in [-0.1, -0.05) is 22.0 Å². The summed E-state index contributed by atoms with van der Waals surface area (Å²) in [6.07, 6.45) is 1.80. The lowest BCUT2D eigenvalue weighted by atomic mass is 10.2. The minimum Gasteiger partial charge on any atom is -0.493 e. The first-order chi connectivity index (χ1) is 12.1. The van der Waals surface area contributed by atoms with Crippen LogP contribution in [0.3, 0.4) is 0 Å². The summed E-state index contributed by atoms with van der Waals surface area (Å²) in [4.78, 5) is 17.2. The molecule has 2 aromatic rings. The summed E-state index contributed by atoms with van der Waals surface area (Å²) in [7, 11) is 3.16. The first-order valence-corrected chi connectivity index (χ1v) is 8.97. The van der Waals surface area contributed by atoms with Crippen LogP contribution in [0.25, 0.3) is 6.08 Å². The lowest BCUT2D eigenvalue weighted by Crippen LogP contribution is -2.19. The Kier molecular flexibility index (Phi) is 5.45. The van der Waals surface area contributed by atoms with Gasteiger partial charge in [0, 0.05) is 4.47 Å². The Bertz CT molecular complexity index is 863. The van der Waals surface area contributed by atoms with Crippen LogP contribution >= 0.6 is 27.7 Å². The highest BCUT2D eigenvalue weighted by molar-refractivity contribution is 9.10. The van der Waals surface area contributed by atoms with Gasteiger partial charge in [0.15, 0.2) is 16.7 Å². The second-order valence-electron chi connectivity index (χ2n) is 5.07. The number of hydrogen-bond acceptors (Lipinski definition) is 5. The third kappa shape index (κ3) is 4.24. The van der Waals surface area contributed by atoms with Crippen LogP contribution in [0.2, 0.25) is 0 Å². The predicted octanol–water partition coefficient (Wildman–Crippen LogP) is 4.36. The van der Waals surface area contributed by atoms with Gasteiger partial charge in [0.25, 0.3) is 5.91 Å². The molecule has 2 aromatic carbocycles. The smallest absolute Gasteiger partial charge is 0.264 e. The third-order valence-electron chi connectivity index (χ3n) is 3.41. The lowest BCUT2D eigenvalue weighted by molar-refractivity contribution is -0.115. The number of amidine groups is 1. The van der Waals surface area contributed by atoms with Crippen LogP contribution in [0.1, 0.15) is 5.56 Å². The molecule has 1 aliphatic rings. The summed E-state index contributed by atoms with van der Waals surface area (Å²) < 4.78 is 11.5. The number of amides is 1. The Morgan fingerprint density at radius 1 is 1.08 bits per heavy atom. The molecular weight excluding hydrogens is 404 g/mol. The summed E-state index contributed by atoms with van der Waals surface area (Å²) in [6.45, 7) is 0. The molecule has 7 heteroatoms. The van der Waals surface area contributed by atoms with Crippen LogP contribution in [0.4, 0.5) is 5.69 Å². The number of carbonyl (C=O) groups excluding carboxylic acids is 1. The van der Waals surface area contributed by atoms with Crippen molar-refractivity contribution in [1.29, 1.82) is 0 Å². The van der Waals surface area contributed by atoms with Gasteiger partial charge in [-0.2, -0.15) is 0 Å². The molecule has 0 aliphatic carbocycles. The average Bonchev–Trinajstić information content (AvgIpc) is 2.96. The Hall–Kier alpha value is -2.25. The number of thioether (sulfide) groups is 1. The molecule has 0 saturated carbocycles. The highest BCUT2D eigenvalue weighted by Crippen LogP contribution is 2.32. The summed E-state index contributed by atoms with van der Waals surface area (Å²) >= 11 is 4.69. The Morgan fingerprint density at radius 3 is 2.48 bits per heavy atom. The molecule has 1 saturated heterocycles. The van der Waals surface area contributed by atoms with E-state index in [0.717, 1.165) is 15.7 Å². The largest absolute Gasteiger partial charge is 0.493 e. The molecule has 0 radical (unpaired) electrons. The van der Waals surface area contributed by atoms with Crippen molar-refractivity contribution in [1.82, 2.24) is 5.32 Å². The minimum atomic E-state index is -0.171. The molecule has 5 nitrogen and oxygen atoms in total. The minimum absolute atomic E-state index is 0.171. The van der Waals surface area contributed by atoms with E-state index in [2.05, 4.69) is 26.2 Å². The van der Waals surface area contributed by atoms with E-state index >= 15 is 0 Å². The van der Waals surface area contributed by atoms with Gasteiger partial charge in [0.05, 0.1) is 24.8 Å². The molecule has 1 amide bonds. The number of hydrogen-bond donors (Lipinski definition) is 1. The highest BCUT2D eigenvalue weighted by atomic mass is 79.9. The van der Waals surface area contributed by atoms with Crippen LogP contribution in [0.5, 0.6) is 11.5 Å². The second kappa shape index (κ2) is 7.76. The standard InChI is InChI=1S/C18H15BrN2O3S/c1-23-14-8-3-11(9-15(14)24-2)10-16-17(22)21-18(25-16)20-13-6-4-12(19)5-7-13/h3-10H,1-2H3,(H,20,21,22). The number of nitrogens with one attached hydrogen (secondary N) is 1. The normalized spacial score (nSPS) is 17.0. The zero-order valence-electron chi connectivity index (χ0n) is 13.6. The van der Waals surface area contributed by atoms with E-state index in [1.807, 2.05) is 36.4 Å². The van der Waals surface area contributed by atoms with E-state index in [0.29, 0.717) is 21.6 Å². The predicted molar refractivity (Wildman–Crippen MR) is 104 cm³/mol. The maximum atomic E-state index is 12.2. The zero-order chi connectivity index (χ0) is 17.8. The van der Waals surface area contributed by atoms with Gasteiger partial charge >= 0.3 is 0 Å². The van der Waals surface area contributed by atoms with Gasteiger partial charge < -0.3 is 14.8 Å². The maximum Gasteiger partial charge on any atom is 0.264 e. The Labute approximate surface area is 158 Å². The zero-order valence-corrected chi connectivity index (χ0v) is 16.0. The fraction of sp³-hybridized carbons (Fsp3) is 0.111. The average molecular weight is 419 g/mol. The molecule has 0 aromatic heterocycles. The summed E-state index contributed by atoms with van der Waals surface area (Å²) in [5.74, 6) is 1.09. The van der Waals surface area contributed by atoms with Gasteiger partial charge in [-0.25, -0.2) is 4.99 Å². The number of aliphatic imine (C=N–C) groups is 1. The number of benzene rings is 2. The molecule has 1 aliphatic heterocycles. The molecular formula is C18H15BrN2O3S. The Morgan fingerprint density at radius 2 is 1.80 bits per heavy atom. The number of halogens is 1.